The lowest BCUT2D eigenvalue weighted by molar-refractivity contribution is 0.0148. The second-order valence-electron chi connectivity index (χ2n) is 6.52. The predicted molar refractivity (Wildman–Crippen MR) is 97.7 cm³/mol. The van der Waals surface area contributed by atoms with Crippen molar-refractivity contribution in [2.45, 2.75) is 32.4 Å². The van der Waals surface area contributed by atoms with Gasteiger partial charge in [-0.05, 0) is 56.0 Å². The third-order valence-electron chi connectivity index (χ3n) is 3.43. The summed E-state index contributed by atoms with van der Waals surface area (Å²) in [5.41, 5.74) is 4.48. The van der Waals surface area contributed by atoms with E-state index in [9.17, 15) is 4.79 Å². The number of halogens is 1. The number of ether oxygens (including phenoxy) is 1. The number of rotatable bonds is 2. The maximum Gasteiger partial charge on any atom is 0.430 e. The van der Waals surface area contributed by atoms with Crippen LogP contribution in [0.2, 0.25) is 5.02 Å². The van der Waals surface area contributed by atoms with Crippen LogP contribution in [-0.4, -0.2) is 16.7 Å². The zero-order chi connectivity index (χ0) is 17.3. The molecule has 1 unspecified atom stereocenters. The van der Waals surface area contributed by atoms with Gasteiger partial charge in [0.15, 0.2) is 0 Å². The van der Waals surface area contributed by atoms with Gasteiger partial charge in [-0.3, -0.25) is 5.43 Å². The van der Waals surface area contributed by atoms with Crippen molar-refractivity contribution in [2.75, 3.05) is 0 Å². The average Bonchev–Trinajstić information content (AvgIpc) is 3.15. The fraction of sp³-hybridized carbons (Fsp3) is 0.278. The Labute approximate surface area is 150 Å². The first-order chi connectivity index (χ1) is 11.3. The molecule has 24 heavy (non-hydrogen) atoms. The lowest BCUT2D eigenvalue weighted by Gasteiger charge is -2.28. The first-order valence-electron chi connectivity index (χ1n) is 7.63. The van der Waals surface area contributed by atoms with E-state index in [2.05, 4.69) is 5.43 Å². The van der Waals surface area contributed by atoms with Crippen LogP contribution in [0, 0.1) is 0 Å². The van der Waals surface area contributed by atoms with Crippen LogP contribution in [0.3, 0.4) is 0 Å². The Hall–Kier alpha value is -1.98. The topological polar surface area (TPSA) is 41.6 Å². The maximum atomic E-state index is 12.6. The Balaban J connectivity index is 1.92. The number of nitrogens with one attached hydrogen (secondary N) is 1. The fourth-order valence-corrected chi connectivity index (χ4v) is 3.24. The minimum atomic E-state index is -0.561. The van der Waals surface area contributed by atoms with E-state index in [4.69, 9.17) is 16.3 Å². The number of nitrogens with zero attached hydrogens (tertiary/aromatic N) is 1. The highest BCUT2D eigenvalue weighted by molar-refractivity contribution is 7.11. The van der Waals surface area contributed by atoms with Crippen molar-refractivity contribution in [1.29, 1.82) is 0 Å². The van der Waals surface area contributed by atoms with Crippen LogP contribution in [0.4, 0.5) is 4.79 Å². The summed E-state index contributed by atoms with van der Waals surface area (Å²) in [6, 6.07) is 11.2. The van der Waals surface area contributed by atoms with Crippen molar-refractivity contribution >= 4 is 34.7 Å². The summed E-state index contributed by atoms with van der Waals surface area (Å²) in [4.78, 5) is 13.7. The van der Waals surface area contributed by atoms with Crippen LogP contribution < -0.4 is 5.43 Å². The van der Waals surface area contributed by atoms with Crippen LogP contribution >= 0.6 is 22.9 Å². The smallest absolute Gasteiger partial charge is 0.430 e. The highest BCUT2D eigenvalue weighted by Crippen LogP contribution is 2.34. The van der Waals surface area contributed by atoms with E-state index in [0.717, 1.165) is 16.1 Å². The number of carbonyl (C=O) groups is 1. The van der Waals surface area contributed by atoms with E-state index in [-0.39, 0.29) is 6.04 Å². The Morgan fingerprint density at radius 3 is 2.54 bits per heavy atom. The van der Waals surface area contributed by atoms with Gasteiger partial charge in [-0.1, -0.05) is 29.8 Å². The van der Waals surface area contributed by atoms with Gasteiger partial charge < -0.3 is 4.74 Å². The molecular weight excluding hydrogens is 344 g/mol. The van der Waals surface area contributed by atoms with Crippen molar-refractivity contribution in [3.63, 3.8) is 0 Å². The molecule has 1 aliphatic heterocycles. The van der Waals surface area contributed by atoms with Crippen LogP contribution in [-0.2, 0) is 4.74 Å². The van der Waals surface area contributed by atoms with Gasteiger partial charge in [0.1, 0.15) is 11.6 Å². The Morgan fingerprint density at radius 1 is 1.25 bits per heavy atom. The van der Waals surface area contributed by atoms with Gasteiger partial charge in [0.25, 0.3) is 0 Å². The second-order valence-corrected chi connectivity index (χ2v) is 7.90. The summed E-state index contributed by atoms with van der Waals surface area (Å²) in [7, 11) is 0. The predicted octanol–water partition coefficient (Wildman–Crippen LogP) is 5.24. The van der Waals surface area contributed by atoms with Crippen molar-refractivity contribution in [1.82, 2.24) is 10.4 Å². The van der Waals surface area contributed by atoms with Crippen molar-refractivity contribution in [3.8, 4) is 0 Å². The molecule has 1 N–H and O–H groups in total. The lowest BCUT2D eigenvalue weighted by Crippen LogP contribution is -2.42. The summed E-state index contributed by atoms with van der Waals surface area (Å²) < 4.78 is 5.53. The van der Waals surface area contributed by atoms with Gasteiger partial charge in [-0.15, -0.1) is 11.3 Å². The number of amides is 1. The number of hydrogen-bond acceptors (Lipinski definition) is 4. The fourth-order valence-electron chi connectivity index (χ4n) is 2.41. The maximum absolute atomic E-state index is 12.6. The molecule has 0 saturated carbocycles. The second kappa shape index (κ2) is 6.49. The van der Waals surface area contributed by atoms with Crippen LogP contribution in [0.15, 0.2) is 47.9 Å². The SMILES string of the molecule is CC(C)(C)OC(=O)N1NC(c2cccs2)=CC1c1ccc(Cl)cc1. The summed E-state index contributed by atoms with van der Waals surface area (Å²) >= 11 is 7.60. The minimum absolute atomic E-state index is 0.255. The average molecular weight is 363 g/mol. The van der Waals surface area contributed by atoms with Crippen LogP contribution in [0.1, 0.15) is 37.3 Å². The number of hydrogen-bond donors (Lipinski definition) is 1. The number of carbonyl (C=O) groups excluding carboxylic acids is 1. The normalized spacial score (nSPS) is 17.4. The molecule has 0 radical (unpaired) electrons. The van der Waals surface area contributed by atoms with Gasteiger partial charge in [-0.25, -0.2) is 9.80 Å². The molecule has 1 atom stereocenters. The number of benzene rings is 1. The third kappa shape index (κ3) is 3.74. The van der Waals surface area contributed by atoms with Crippen molar-refractivity contribution in [2.24, 2.45) is 0 Å². The van der Waals surface area contributed by atoms with Gasteiger partial charge in [-0.2, -0.15) is 0 Å². The summed E-state index contributed by atoms with van der Waals surface area (Å²) in [6.45, 7) is 5.56. The molecule has 2 heterocycles. The van der Waals surface area contributed by atoms with E-state index in [1.54, 1.807) is 11.3 Å². The first kappa shape index (κ1) is 16.9. The quantitative estimate of drug-likeness (QED) is 0.794. The molecule has 3 rings (SSSR count). The molecule has 6 heteroatoms. The zero-order valence-electron chi connectivity index (χ0n) is 13.7. The molecule has 1 aromatic heterocycles. The molecule has 0 saturated heterocycles. The van der Waals surface area contributed by atoms with E-state index in [1.165, 1.54) is 5.01 Å². The number of hydrazine groups is 1. The highest BCUT2D eigenvalue weighted by Gasteiger charge is 2.34. The Kier molecular flexibility index (Phi) is 4.56. The lowest BCUT2D eigenvalue weighted by atomic mass is 10.1. The molecular formula is C18H19ClN2O2S. The number of thiophene rings is 1. The molecule has 1 aromatic carbocycles. The molecule has 126 valence electrons. The molecule has 4 nitrogen and oxygen atoms in total. The third-order valence-corrected chi connectivity index (χ3v) is 4.59. The Bertz CT molecular complexity index is 748. The zero-order valence-corrected chi connectivity index (χ0v) is 15.3. The van der Waals surface area contributed by atoms with Crippen LogP contribution in [0.5, 0.6) is 0 Å². The van der Waals surface area contributed by atoms with E-state index in [1.807, 2.05) is 68.6 Å². The summed E-state index contributed by atoms with van der Waals surface area (Å²) in [5.74, 6) is 0. The molecule has 2 aromatic rings. The molecule has 0 fully saturated rings. The molecule has 0 aliphatic carbocycles. The van der Waals surface area contributed by atoms with Gasteiger partial charge in [0, 0.05) is 5.02 Å². The van der Waals surface area contributed by atoms with Gasteiger partial charge in [0.2, 0.25) is 0 Å². The first-order valence-corrected chi connectivity index (χ1v) is 8.89. The molecule has 1 aliphatic rings. The van der Waals surface area contributed by atoms with E-state index >= 15 is 0 Å². The monoisotopic (exact) mass is 362 g/mol. The Morgan fingerprint density at radius 2 is 1.96 bits per heavy atom. The summed E-state index contributed by atoms with van der Waals surface area (Å²) in [5, 5.41) is 4.19. The minimum Gasteiger partial charge on any atom is -0.442 e. The van der Waals surface area contributed by atoms with E-state index in [0.29, 0.717) is 5.02 Å². The summed E-state index contributed by atoms with van der Waals surface area (Å²) in [6.07, 6.45) is 1.61. The standard InChI is InChI=1S/C18H19ClN2O2S/c1-18(2,3)23-17(22)21-15(12-6-8-13(19)9-7-12)11-14(20-21)16-5-4-10-24-16/h4-11,15,20H,1-3H3. The molecule has 0 spiro atoms. The molecule has 1 amide bonds. The largest absolute Gasteiger partial charge is 0.442 e. The van der Waals surface area contributed by atoms with Crippen molar-refractivity contribution in [3.05, 3.63) is 63.3 Å². The van der Waals surface area contributed by atoms with Crippen LogP contribution in [0.25, 0.3) is 5.70 Å². The highest BCUT2D eigenvalue weighted by atomic mass is 35.5. The van der Waals surface area contributed by atoms with Gasteiger partial charge in [0.05, 0.1) is 10.6 Å². The molecule has 0 bridgehead atoms. The van der Waals surface area contributed by atoms with E-state index < -0.39 is 11.7 Å². The van der Waals surface area contributed by atoms with Crippen molar-refractivity contribution < 1.29 is 9.53 Å². The van der Waals surface area contributed by atoms with Gasteiger partial charge >= 0.3 is 6.09 Å².